The molecule has 1 N–H and O–H groups in total. The maximum atomic E-state index is 12.9. The summed E-state index contributed by atoms with van der Waals surface area (Å²) in [5.74, 6) is -1.07. The van der Waals surface area contributed by atoms with E-state index in [-0.39, 0.29) is 11.6 Å². The highest BCUT2D eigenvalue weighted by Gasteiger charge is 2.32. The number of hydrogen-bond acceptors (Lipinski definition) is 6. The highest BCUT2D eigenvalue weighted by atomic mass is 32.2. The monoisotopic (exact) mass is 397 g/mol. The summed E-state index contributed by atoms with van der Waals surface area (Å²) in [6, 6.07) is 1.51. The zero-order valence-electron chi connectivity index (χ0n) is 13.5. The Bertz CT molecular complexity index is 1010. The van der Waals surface area contributed by atoms with E-state index in [1.54, 1.807) is 24.3 Å². The van der Waals surface area contributed by atoms with Crippen molar-refractivity contribution >= 4 is 27.3 Å². The fourth-order valence-electron chi connectivity index (χ4n) is 2.79. The molecule has 0 heterocycles. The van der Waals surface area contributed by atoms with Crippen molar-refractivity contribution in [1.29, 1.82) is 0 Å². The largest absolute Gasteiger partial charge is 0.744 e. The van der Waals surface area contributed by atoms with Gasteiger partial charge in [-0.2, -0.15) is 18.3 Å². The molecule has 0 spiro atoms. The first-order valence-corrected chi connectivity index (χ1v) is 9.06. The van der Waals surface area contributed by atoms with Gasteiger partial charge in [0, 0.05) is 11.8 Å². The van der Waals surface area contributed by atoms with Gasteiger partial charge in [-0.15, -0.1) is 0 Å². The molecule has 0 bridgehead atoms. The van der Waals surface area contributed by atoms with Crippen LogP contribution in [0.5, 0.6) is 0 Å². The SMILES string of the molecule is O=C1C=CC2C=CC=CC2/C1=N\Nc1cc(C(F)(F)F)ccc1S(=O)(=O)[O-]. The van der Waals surface area contributed by atoms with Crippen LogP contribution in [0, 0.1) is 11.8 Å². The van der Waals surface area contributed by atoms with E-state index in [2.05, 4.69) is 10.5 Å². The number of ketones is 1. The van der Waals surface area contributed by atoms with E-state index >= 15 is 0 Å². The minimum absolute atomic E-state index is 0.00485. The minimum atomic E-state index is -5.06. The summed E-state index contributed by atoms with van der Waals surface area (Å²) in [6.07, 6.45) is 5.19. The van der Waals surface area contributed by atoms with Crippen LogP contribution in [0.2, 0.25) is 0 Å². The third-order valence-electron chi connectivity index (χ3n) is 4.09. The van der Waals surface area contributed by atoms with E-state index < -0.39 is 44.1 Å². The lowest BCUT2D eigenvalue weighted by Gasteiger charge is -2.25. The molecule has 2 aliphatic carbocycles. The van der Waals surface area contributed by atoms with Gasteiger partial charge in [-0.25, -0.2) is 8.42 Å². The summed E-state index contributed by atoms with van der Waals surface area (Å²) in [6.45, 7) is 0. The third kappa shape index (κ3) is 4.01. The van der Waals surface area contributed by atoms with Gasteiger partial charge in [-0.05, 0) is 24.3 Å². The molecule has 0 saturated carbocycles. The Morgan fingerprint density at radius 2 is 1.81 bits per heavy atom. The first-order valence-electron chi connectivity index (χ1n) is 7.65. The average molecular weight is 397 g/mol. The van der Waals surface area contributed by atoms with E-state index in [4.69, 9.17) is 0 Å². The van der Waals surface area contributed by atoms with Gasteiger partial charge in [0.2, 0.25) is 5.78 Å². The number of hydrazone groups is 1. The number of alkyl halides is 3. The molecule has 2 unspecified atom stereocenters. The number of allylic oxidation sites excluding steroid dienone is 6. The van der Waals surface area contributed by atoms with Crippen LogP contribution in [0.3, 0.4) is 0 Å². The van der Waals surface area contributed by atoms with Crippen LogP contribution in [0.4, 0.5) is 18.9 Å². The topological polar surface area (TPSA) is 98.7 Å². The van der Waals surface area contributed by atoms with Gasteiger partial charge < -0.3 is 4.55 Å². The summed E-state index contributed by atoms with van der Waals surface area (Å²) >= 11 is 0. The van der Waals surface area contributed by atoms with Crippen molar-refractivity contribution < 1.29 is 30.9 Å². The van der Waals surface area contributed by atoms with Gasteiger partial charge in [-0.1, -0.05) is 30.4 Å². The molecule has 0 saturated heterocycles. The predicted octanol–water partition coefficient (Wildman–Crippen LogP) is 2.87. The van der Waals surface area contributed by atoms with Gasteiger partial charge in [0.15, 0.2) is 0 Å². The normalized spacial score (nSPS) is 23.6. The van der Waals surface area contributed by atoms with Crippen LogP contribution in [0.15, 0.2) is 64.7 Å². The highest BCUT2D eigenvalue weighted by molar-refractivity contribution is 7.86. The summed E-state index contributed by atoms with van der Waals surface area (Å²) in [4.78, 5) is 11.2. The summed E-state index contributed by atoms with van der Waals surface area (Å²) in [5, 5.41) is 3.83. The number of anilines is 1. The highest BCUT2D eigenvalue weighted by Crippen LogP contribution is 2.34. The number of carbonyl (C=O) groups excluding carboxylic acids is 1. The van der Waals surface area contributed by atoms with Crippen molar-refractivity contribution in [3.63, 3.8) is 0 Å². The summed E-state index contributed by atoms with van der Waals surface area (Å²) < 4.78 is 72.7. The first kappa shape index (κ1) is 19.1. The Kier molecular flexibility index (Phi) is 4.79. The molecule has 1 aromatic carbocycles. The molecule has 0 radical (unpaired) electrons. The molecular formula is C17H12F3N2O4S-. The van der Waals surface area contributed by atoms with Crippen molar-refractivity contribution in [3.05, 3.63) is 60.2 Å². The zero-order valence-corrected chi connectivity index (χ0v) is 14.3. The lowest BCUT2D eigenvalue weighted by Crippen LogP contribution is -2.31. The molecule has 6 nitrogen and oxygen atoms in total. The second-order valence-corrected chi connectivity index (χ2v) is 7.22. The minimum Gasteiger partial charge on any atom is -0.744 e. The number of hydrogen-bond donors (Lipinski definition) is 1. The Morgan fingerprint density at radius 3 is 2.48 bits per heavy atom. The summed E-state index contributed by atoms with van der Waals surface area (Å²) in [7, 11) is -5.06. The maximum Gasteiger partial charge on any atom is 0.416 e. The molecule has 2 atom stereocenters. The number of benzene rings is 1. The molecule has 27 heavy (non-hydrogen) atoms. The molecular weight excluding hydrogens is 385 g/mol. The fraction of sp³-hybridized carbons (Fsp3) is 0.176. The van der Waals surface area contributed by atoms with E-state index in [0.717, 1.165) is 0 Å². The number of nitrogens with one attached hydrogen (secondary N) is 1. The van der Waals surface area contributed by atoms with Crippen molar-refractivity contribution in [2.75, 3.05) is 5.43 Å². The summed E-state index contributed by atoms with van der Waals surface area (Å²) in [5.41, 5.74) is 0.344. The van der Waals surface area contributed by atoms with Gasteiger partial charge in [0.25, 0.3) is 0 Å². The molecule has 1 aromatic rings. The Morgan fingerprint density at radius 1 is 1.11 bits per heavy atom. The Hall–Kier alpha value is -2.72. The molecule has 0 aliphatic heterocycles. The van der Waals surface area contributed by atoms with Gasteiger partial charge >= 0.3 is 6.18 Å². The van der Waals surface area contributed by atoms with Gasteiger partial charge in [-0.3, -0.25) is 10.2 Å². The Balaban J connectivity index is 2.02. The number of nitrogens with zero attached hydrogens (tertiary/aromatic N) is 1. The average Bonchev–Trinajstić information content (AvgIpc) is 2.59. The van der Waals surface area contributed by atoms with Gasteiger partial charge in [0.05, 0.1) is 16.1 Å². The van der Waals surface area contributed by atoms with Crippen molar-refractivity contribution in [1.82, 2.24) is 0 Å². The standard InChI is InChI=1S/C17H13F3N2O4S/c18-17(19,20)11-6-8-15(27(24,25)26)13(9-11)21-22-16-12-4-2-1-3-10(12)5-7-14(16)23/h1-10,12,21H,(H,24,25,26)/p-1/b22-16+. The van der Waals surface area contributed by atoms with Crippen molar-refractivity contribution in [2.24, 2.45) is 16.9 Å². The number of carbonyl (C=O) groups is 1. The number of halogens is 3. The van der Waals surface area contributed by atoms with Crippen molar-refractivity contribution in [3.8, 4) is 0 Å². The molecule has 0 amide bonds. The van der Waals surface area contributed by atoms with E-state index in [1.165, 1.54) is 6.08 Å². The predicted molar refractivity (Wildman–Crippen MR) is 89.9 cm³/mol. The smallest absolute Gasteiger partial charge is 0.416 e. The quantitative estimate of drug-likeness (QED) is 0.625. The van der Waals surface area contributed by atoms with Crippen LogP contribution in [-0.4, -0.2) is 24.5 Å². The molecule has 0 aromatic heterocycles. The lowest BCUT2D eigenvalue weighted by molar-refractivity contribution is -0.137. The molecule has 10 heteroatoms. The number of fused-ring (bicyclic) bond motifs is 1. The lowest BCUT2D eigenvalue weighted by atomic mass is 9.79. The van der Waals surface area contributed by atoms with E-state index in [0.29, 0.717) is 18.2 Å². The van der Waals surface area contributed by atoms with E-state index in [1.807, 2.05) is 6.08 Å². The second kappa shape index (κ2) is 6.78. The Labute approximate surface area is 152 Å². The van der Waals surface area contributed by atoms with Gasteiger partial charge in [0.1, 0.15) is 15.8 Å². The van der Waals surface area contributed by atoms with Crippen LogP contribution >= 0.6 is 0 Å². The fourth-order valence-corrected chi connectivity index (χ4v) is 3.40. The maximum absolute atomic E-state index is 12.9. The first-order chi connectivity index (χ1) is 12.6. The number of rotatable bonds is 3. The van der Waals surface area contributed by atoms with Crippen molar-refractivity contribution in [2.45, 2.75) is 11.1 Å². The molecule has 142 valence electrons. The molecule has 2 aliphatic rings. The zero-order chi connectivity index (χ0) is 19.8. The van der Waals surface area contributed by atoms with Crippen LogP contribution < -0.4 is 5.43 Å². The van der Waals surface area contributed by atoms with Crippen LogP contribution in [0.1, 0.15) is 5.56 Å². The molecule has 0 fully saturated rings. The molecule has 3 rings (SSSR count). The third-order valence-corrected chi connectivity index (χ3v) is 4.98. The van der Waals surface area contributed by atoms with Crippen LogP contribution in [0.25, 0.3) is 0 Å². The van der Waals surface area contributed by atoms with E-state index in [9.17, 15) is 30.9 Å². The second-order valence-electron chi connectivity index (χ2n) is 5.87. The van der Waals surface area contributed by atoms with Crippen LogP contribution in [-0.2, 0) is 21.1 Å².